The average molecular weight is 558 g/mol. The Labute approximate surface area is 242 Å². The minimum absolute atomic E-state index is 0.182. The zero-order valence-corrected chi connectivity index (χ0v) is 23.2. The maximum Gasteiger partial charge on any atom is 0.280 e. The van der Waals surface area contributed by atoms with Gasteiger partial charge in [0.1, 0.15) is 5.75 Å². The van der Waals surface area contributed by atoms with E-state index in [1.165, 1.54) is 5.01 Å². The van der Waals surface area contributed by atoms with Gasteiger partial charge >= 0.3 is 0 Å². The predicted molar refractivity (Wildman–Crippen MR) is 164 cm³/mol. The van der Waals surface area contributed by atoms with Crippen molar-refractivity contribution in [2.75, 3.05) is 17.4 Å². The molecule has 0 unspecified atom stereocenters. The number of ether oxygens (including phenoxy) is 1. The molecule has 1 amide bonds. The van der Waals surface area contributed by atoms with E-state index in [0.29, 0.717) is 29.3 Å². The van der Waals surface area contributed by atoms with Crippen molar-refractivity contribution in [3.63, 3.8) is 0 Å². The quantitative estimate of drug-likeness (QED) is 0.145. The number of aromatic nitrogens is 3. The second-order valence-corrected chi connectivity index (χ2v) is 10.2. The molecule has 0 N–H and O–H groups in total. The second kappa shape index (κ2) is 12.1. The van der Waals surface area contributed by atoms with Crippen molar-refractivity contribution in [2.24, 2.45) is 5.10 Å². The van der Waals surface area contributed by atoms with Gasteiger partial charge in [-0.05, 0) is 73.7 Å². The van der Waals surface area contributed by atoms with Crippen LogP contribution in [-0.4, -0.2) is 38.7 Å². The highest BCUT2D eigenvalue weighted by Gasteiger charge is 2.31. The summed E-state index contributed by atoms with van der Waals surface area (Å²) in [6.45, 7) is 2.56. The number of nitrogens with zero attached hydrogens (tertiary/aromatic N) is 5. The van der Waals surface area contributed by atoms with Crippen molar-refractivity contribution in [1.29, 1.82) is 0 Å². The largest absolute Gasteiger partial charge is 0.494 e. The molecule has 0 saturated carbocycles. The van der Waals surface area contributed by atoms with Gasteiger partial charge in [-0.15, -0.1) is 0 Å². The van der Waals surface area contributed by atoms with Crippen molar-refractivity contribution < 1.29 is 9.53 Å². The van der Waals surface area contributed by atoms with Gasteiger partial charge in [0, 0.05) is 29.3 Å². The first-order valence-electron chi connectivity index (χ1n) is 13.3. The molecule has 1 aliphatic rings. The molecule has 41 heavy (non-hydrogen) atoms. The lowest BCUT2D eigenvalue weighted by Gasteiger charge is -2.11. The standard InChI is InChI=1S/C33H27N5O2S/c1-2-40-28-18-16-24(17-19-28)32-25(22-37(36-32)26-11-5-3-6-12-26)21-29-30(23-41-31-15-9-10-20-34-31)35-38(33(29)39)27-13-7-4-8-14-27/h3-22H,2,23H2,1H3. The SMILES string of the molecule is CCOc1ccc(-c2nn(-c3ccccc3)cc2C=C2C(=O)N(c3ccccc3)N=C2CSc2ccccn2)cc1. The summed E-state index contributed by atoms with van der Waals surface area (Å²) in [5.41, 5.74) is 5.33. The number of hydrogen-bond acceptors (Lipinski definition) is 6. The van der Waals surface area contributed by atoms with E-state index in [1.807, 2.05) is 127 Å². The summed E-state index contributed by atoms with van der Waals surface area (Å²) in [5.74, 6) is 1.10. The van der Waals surface area contributed by atoms with E-state index in [2.05, 4.69) is 4.98 Å². The number of amides is 1. The summed E-state index contributed by atoms with van der Waals surface area (Å²) >= 11 is 1.54. The van der Waals surface area contributed by atoms with E-state index >= 15 is 0 Å². The molecule has 3 heterocycles. The first-order chi connectivity index (χ1) is 20.2. The van der Waals surface area contributed by atoms with E-state index < -0.39 is 0 Å². The van der Waals surface area contributed by atoms with Gasteiger partial charge in [0.25, 0.3) is 5.91 Å². The summed E-state index contributed by atoms with van der Waals surface area (Å²) in [6, 6.07) is 33.0. The van der Waals surface area contributed by atoms with E-state index in [1.54, 1.807) is 18.0 Å². The van der Waals surface area contributed by atoms with E-state index in [0.717, 1.165) is 33.3 Å². The Kier molecular flexibility index (Phi) is 7.73. The van der Waals surface area contributed by atoms with E-state index in [4.69, 9.17) is 14.9 Å². The topological polar surface area (TPSA) is 72.6 Å². The normalized spacial score (nSPS) is 14.0. The summed E-state index contributed by atoms with van der Waals surface area (Å²) in [5, 5.41) is 12.1. The minimum atomic E-state index is -0.182. The van der Waals surface area contributed by atoms with Crippen molar-refractivity contribution in [2.45, 2.75) is 11.9 Å². The molecule has 2 aromatic heterocycles. The Morgan fingerprint density at radius 3 is 2.24 bits per heavy atom. The van der Waals surface area contributed by atoms with Gasteiger partial charge in [-0.3, -0.25) is 4.79 Å². The third kappa shape index (κ3) is 5.83. The summed E-state index contributed by atoms with van der Waals surface area (Å²) in [7, 11) is 0. The number of pyridine rings is 1. The van der Waals surface area contributed by atoms with Crippen LogP contribution in [0.1, 0.15) is 12.5 Å². The van der Waals surface area contributed by atoms with Crippen LogP contribution >= 0.6 is 11.8 Å². The Morgan fingerprint density at radius 2 is 1.56 bits per heavy atom. The molecular weight excluding hydrogens is 530 g/mol. The lowest BCUT2D eigenvalue weighted by Crippen LogP contribution is -2.21. The van der Waals surface area contributed by atoms with Crippen LogP contribution in [0.2, 0.25) is 0 Å². The zero-order chi connectivity index (χ0) is 28.0. The highest BCUT2D eigenvalue weighted by atomic mass is 32.2. The van der Waals surface area contributed by atoms with Crippen molar-refractivity contribution in [3.8, 4) is 22.7 Å². The number of carbonyl (C=O) groups is 1. The van der Waals surface area contributed by atoms with Crippen molar-refractivity contribution in [3.05, 3.63) is 127 Å². The number of hydrogen-bond donors (Lipinski definition) is 0. The first-order valence-corrected chi connectivity index (χ1v) is 14.3. The number of hydrazone groups is 1. The van der Waals surface area contributed by atoms with Gasteiger partial charge in [0.15, 0.2) is 0 Å². The molecule has 0 bridgehead atoms. The number of rotatable bonds is 9. The Bertz CT molecular complexity index is 1700. The van der Waals surface area contributed by atoms with Gasteiger partial charge in [-0.1, -0.05) is 54.2 Å². The van der Waals surface area contributed by atoms with Crippen molar-refractivity contribution >= 4 is 35.1 Å². The van der Waals surface area contributed by atoms with Crippen LogP contribution < -0.4 is 9.75 Å². The Morgan fingerprint density at radius 1 is 0.854 bits per heavy atom. The van der Waals surface area contributed by atoms with Crippen LogP contribution in [0.15, 0.2) is 131 Å². The third-order valence-corrected chi connectivity index (χ3v) is 7.41. The highest BCUT2D eigenvalue weighted by Crippen LogP contribution is 2.31. The summed E-state index contributed by atoms with van der Waals surface area (Å²) in [4.78, 5) is 18.3. The molecule has 6 rings (SSSR count). The number of para-hydroxylation sites is 2. The van der Waals surface area contributed by atoms with Crippen molar-refractivity contribution in [1.82, 2.24) is 14.8 Å². The number of carbonyl (C=O) groups excluding carboxylic acids is 1. The molecular formula is C33H27N5O2S. The van der Waals surface area contributed by atoms with Gasteiger partial charge in [0.05, 0.1) is 40.0 Å². The predicted octanol–water partition coefficient (Wildman–Crippen LogP) is 6.91. The molecule has 3 aromatic carbocycles. The van der Waals surface area contributed by atoms with Crippen LogP contribution in [0.4, 0.5) is 5.69 Å². The minimum Gasteiger partial charge on any atom is -0.494 e. The van der Waals surface area contributed by atoms with E-state index in [-0.39, 0.29) is 5.91 Å². The molecule has 1 aliphatic heterocycles. The molecule has 8 heteroatoms. The Balaban J connectivity index is 1.43. The van der Waals surface area contributed by atoms with Crippen LogP contribution in [-0.2, 0) is 4.79 Å². The molecule has 0 saturated heterocycles. The zero-order valence-electron chi connectivity index (χ0n) is 22.4. The van der Waals surface area contributed by atoms with Gasteiger partial charge in [0.2, 0.25) is 0 Å². The molecule has 0 fully saturated rings. The van der Waals surface area contributed by atoms with Gasteiger partial charge < -0.3 is 4.74 Å². The monoisotopic (exact) mass is 557 g/mol. The fourth-order valence-corrected chi connectivity index (χ4v) is 5.30. The average Bonchev–Trinajstić information content (AvgIpc) is 3.59. The molecule has 0 atom stereocenters. The van der Waals surface area contributed by atoms with Crippen LogP contribution in [0.5, 0.6) is 5.75 Å². The second-order valence-electron chi connectivity index (χ2n) is 9.18. The molecule has 202 valence electrons. The molecule has 0 aliphatic carbocycles. The Hall–Kier alpha value is -4.95. The van der Waals surface area contributed by atoms with E-state index in [9.17, 15) is 4.79 Å². The maximum atomic E-state index is 13.8. The summed E-state index contributed by atoms with van der Waals surface area (Å²) in [6.07, 6.45) is 5.62. The summed E-state index contributed by atoms with van der Waals surface area (Å²) < 4.78 is 7.48. The first kappa shape index (κ1) is 26.3. The maximum absolute atomic E-state index is 13.8. The molecule has 0 radical (unpaired) electrons. The number of benzene rings is 3. The van der Waals surface area contributed by atoms with Crippen LogP contribution in [0.3, 0.4) is 0 Å². The smallest absolute Gasteiger partial charge is 0.280 e. The fraction of sp³-hybridized carbons (Fsp3) is 0.0909. The fourth-order valence-electron chi connectivity index (χ4n) is 4.49. The molecule has 0 spiro atoms. The third-order valence-electron chi connectivity index (χ3n) is 6.45. The lowest BCUT2D eigenvalue weighted by molar-refractivity contribution is -0.114. The number of anilines is 1. The highest BCUT2D eigenvalue weighted by molar-refractivity contribution is 8.00. The van der Waals surface area contributed by atoms with Crippen LogP contribution in [0.25, 0.3) is 23.0 Å². The van der Waals surface area contributed by atoms with Crippen LogP contribution in [0, 0.1) is 0 Å². The molecule has 7 nitrogen and oxygen atoms in total. The lowest BCUT2D eigenvalue weighted by atomic mass is 10.0. The number of thioether (sulfide) groups is 1. The molecule has 5 aromatic rings. The van der Waals surface area contributed by atoms with Gasteiger partial charge in [-0.2, -0.15) is 15.2 Å². The van der Waals surface area contributed by atoms with Gasteiger partial charge in [-0.25, -0.2) is 9.67 Å².